The molecule has 0 amide bonds. The highest BCUT2D eigenvalue weighted by Crippen LogP contribution is 2.43. The summed E-state index contributed by atoms with van der Waals surface area (Å²) < 4.78 is 0. The Kier molecular flexibility index (Phi) is 5.04. The van der Waals surface area contributed by atoms with Crippen LogP contribution in [0.4, 0.5) is 0 Å². The lowest BCUT2D eigenvalue weighted by Gasteiger charge is -2.50. The zero-order valence-electron chi connectivity index (χ0n) is 13.3. The number of hydrogen-bond acceptors (Lipinski definition) is 2. The first kappa shape index (κ1) is 14.8. The van der Waals surface area contributed by atoms with E-state index in [0.717, 1.165) is 18.6 Å². The Labute approximate surface area is 125 Å². The summed E-state index contributed by atoms with van der Waals surface area (Å²) in [5, 5.41) is 0. The van der Waals surface area contributed by atoms with Crippen molar-refractivity contribution in [3.63, 3.8) is 0 Å². The molecule has 0 saturated heterocycles. The van der Waals surface area contributed by atoms with Crippen LogP contribution in [-0.2, 0) is 0 Å². The minimum Gasteiger partial charge on any atom is -0.330 e. The van der Waals surface area contributed by atoms with Crippen molar-refractivity contribution < 1.29 is 0 Å². The van der Waals surface area contributed by atoms with Gasteiger partial charge < -0.3 is 5.73 Å². The molecule has 3 fully saturated rings. The molecule has 116 valence electrons. The fraction of sp³-hybridized carbons (Fsp3) is 1.00. The molecule has 3 rings (SSSR count). The van der Waals surface area contributed by atoms with E-state index in [4.69, 9.17) is 5.73 Å². The van der Waals surface area contributed by atoms with Gasteiger partial charge in [-0.25, -0.2) is 0 Å². The summed E-state index contributed by atoms with van der Waals surface area (Å²) >= 11 is 0. The number of hydrogen-bond donors (Lipinski definition) is 1. The van der Waals surface area contributed by atoms with Crippen LogP contribution in [0, 0.1) is 5.41 Å². The van der Waals surface area contributed by atoms with Crippen molar-refractivity contribution in [1.82, 2.24) is 4.90 Å². The van der Waals surface area contributed by atoms with E-state index < -0.39 is 0 Å². The van der Waals surface area contributed by atoms with Crippen LogP contribution in [0.25, 0.3) is 0 Å². The van der Waals surface area contributed by atoms with E-state index >= 15 is 0 Å². The molecular formula is C18H34N2. The number of rotatable bonds is 5. The molecular weight excluding hydrogens is 244 g/mol. The van der Waals surface area contributed by atoms with Crippen LogP contribution in [0.5, 0.6) is 0 Å². The molecule has 2 nitrogen and oxygen atoms in total. The topological polar surface area (TPSA) is 29.3 Å². The van der Waals surface area contributed by atoms with Crippen LogP contribution in [-0.4, -0.2) is 30.1 Å². The SMILES string of the molecule is NCC1(CN(C2CCCCC2)C2CCCCC2)CCC1. The summed E-state index contributed by atoms with van der Waals surface area (Å²) in [6.45, 7) is 2.24. The molecule has 0 heterocycles. The van der Waals surface area contributed by atoms with Gasteiger partial charge in [-0.1, -0.05) is 44.9 Å². The second kappa shape index (κ2) is 6.79. The van der Waals surface area contributed by atoms with Crippen molar-refractivity contribution in [2.24, 2.45) is 11.1 Å². The molecule has 0 spiro atoms. The standard InChI is InChI=1S/C18H34N2/c19-14-18(12-7-13-18)15-20(16-8-3-1-4-9-16)17-10-5-2-6-11-17/h16-17H,1-15,19H2. The molecule has 0 unspecified atom stereocenters. The fourth-order valence-corrected chi connectivity index (χ4v) is 4.87. The summed E-state index contributed by atoms with van der Waals surface area (Å²) in [6.07, 6.45) is 18.8. The summed E-state index contributed by atoms with van der Waals surface area (Å²) in [7, 11) is 0. The van der Waals surface area contributed by atoms with Crippen LogP contribution in [0.2, 0.25) is 0 Å². The van der Waals surface area contributed by atoms with Gasteiger partial charge >= 0.3 is 0 Å². The van der Waals surface area contributed by atoms with Gasteiger partial charge in [-0.3, -0.25) is 4.90 Å². The summed E-state index contributed by atoms with van der Waals surface area (Å²) in [4.78, 5) is 2.96. The smallest absolute Gasteiger partial charge is 0.00984 e. The molecule has 2 N–H and O–H groups in total. The van der Waals surface area contributed by atoms with Crippen LogP contribution in [0.15, 0.2) is 0 Å². The number of nitrogens with zero attached hydrogens (tertiary/aromatic N) is 1. The Bertz CT molecular complexity index is 262. The van der Waals surface area contributed by atoms with Gasteiger partial charge in [0.15, 0.2) is 0 Å². The first-order valence-corrected chi connectivity index (χ1v) is 9.29. The zero-order valence-corrected chi connectivity index (χ0v) is 13.3. The maximum atomic E-state index is 6.15. The highest BCUT2D eigenvalue weighted by molar-refractivity contribution is 4.95. The molecule has 0 aliphatic heterocycles. The molecule has 0 bridgehead atoms. The average Bonchev–Trinajstić information content (AvgIpc) is 2.49. The van der Waals surface area contributed by atoms with E-state index in [1.807, 2.05) is 0 Å². The molecule has 3 saturated carbocycles. The summed E-state index contributed by atoms with van der Waals surface area (Å²) in [6, 6.07) is 1.77. The Morgan fingerprint density at radius 2 is 1.25 bits per heavy atom. The van der Waals surface area contributed by atoms with Gasteiger partial charge in [0, 0.05) is 18.6 Å². The van der Waals surface area contributed by atoms with Crippen molar-refractivity contribution in [2.75, 3.05) is 13.1 Å². The van der Waals surface area contributed by atoms with Crippen LogP contribution < -0.4 is 5.73 Å². The van der Waals surface area contributed by atoms with Crippen LogP contribution >= 0.6 is 0 Å². The molecule has 20 heavy (non-hydrogen) atoms. The van der Waals surface area contributed by atoms with Gasteiger partial charge in [-0.05, 0) is 50.5 Å². The Hall–Kier alpha value is -0.0800. The third kappa shape index (κ3) is 3.22. The minimum atomic E-state index is 0.495. The van der Waals surface area contributed by atoms with Crippen molar-refractivity contribution in [3.05, 3.63) is 0 Å². The van der Waals surface area contributed by atoms with Gasteiger partial charge in [-0.15, -0.1) is 0 Å². The Morgan fingerprint density at radius 3 is 1.60 bits per heavy atom. The highest BCUT2D eigenvalue weighted by atomic mass is 15.2. The Morgan fingerprint density at radius 1 is 0.750 bits per heavy atom. The number of nitrogens with two attached hydrogens (primary N) is 1. The van der Waals surface area contributed by atoms with Crippen molar-refractivity contribution >= 4 is 0 Å². The second-order valence-corrected chi connectivity index (χ2v) is 7.81. The lowest BCUT2D eigenvalue weighted by atomic mass is 9.67. The van der Waals surface area contributed by atoms with Gasteiger partial charge in [-0.2, -0.15) is 0 Å². The first-order valence-electron chi connectivity index (χ1n) is 9.29. The van der Waals surface area contributed by atoms with E-state index in [0.29, 0.717) is 5.41 Å². The quantitative estimate of drug-likeness (QED) is 0.821. The van der Waals surface area contributed by atoms with Gasteiger partial charge in [0.05, 0.1) is 0 Å². The van der Waals surface area contributed by atoms with Gasteiger partial charge in [0.2, 0.25) is 0 Å². The van der Waals surface area contributed by atoms with Crippen molar-refractivity contribution in [1.29, 1.82) is 0 Å². The third-order valence-electron chi connectivity index (χ3n) is 6.45. The lowest BCUT2D eigenvalue weighted by molar-refractivity contribution is 0.00279. The predicted octanol–water partition coefficient (Wildman–Crippen LogP) is 4.08. The molecule has 0 atom stereocenters. The highest BCUT2D eigenvalue weighted by Gasteiger charge is 2.40. The van der Waals surface area contributed by atoms with Gasteiger partial charge in [0.1, 0.15) is 0 Å². The van der Waals surface area contributed by atoms with E-state index in [1.165, 1.54) is 90.0 Å². The molecule has 3 aliphatic rings. The molecule has 0 aromatic heterocycles. The summed E-state index contributed by atoms with van der Waals surface area (Å²) in [5.41, 5.74) is 6.64. The third-order valence-corrected chi connectivity index (χ3v) is 6.45. The fourth-order valence-electron chi connectivity index (χ4n) is 4.87. The lowest BCUT2D eigenvalue weighted by Crippen LogP contribution is -2.54. The normalized spacial score (nSPS) is 28.5. The van der Waals surface area contributed by atoms with Gasteiger partial charge in [0.25, 0.3) is 0 Å². The maximum Gasteiger partial charge on any atom is 0.00984 e. The molecule has 0 aromatic carbocycles. The average molecular weight is 278 g/mol. The van der Waals surface area contributed by atoms with E-state index in [2.05, 4.69) is 4.90 Å². The monoisotopic (exact) mass is 278 g/mol. The zero-order chi connectivity index (χ0) is 13.8. The Balaban J connectivity index is 1.68. The van der Waals surface area contributed by atoms with Crippen LogP contribution in [0.1, 0.15) is 83.5 Å². The van der Waals surface area contributed by atoms with Crippen molar-refractivity contribution in [3.8, 4) is 0 Å². The summed E-state index contributed by atoms with van der Waals surface area (Å²) in [5.74, 6) is 0. The van der Waals surface area contributed by atoms with E-state index in [-0.39, 0.29) is 0 Å². The molecule has 0 radical (unpaired) electrons. The second-order valence-electron chi connectivity index (χ2n) is 7.81. The van der Waals surface area contributed by atoms with Crippen molar-refractivity contribution in [2.45, 2.75) is 95.6 Å². The molecule has 2 heteroatoms. The minimum absolute atomic E-state index is 0.495. The molecule has 0 aromatic rings. The molecule has 3 aliphatic carbocycles. The largest absolute Gasteiger partial charge is 0.330 e. The van der Waals surface area contributed by atoms with Crippen LogP contribution in [0.3, 0.4) is 0 Å². The first-order chi connectivity index (χ1) is 9.83. The predicted molar refractivity (Wildman–Crippen MR) is 85.8 cm³/mol. The van der Waals surface area contributed by atoms with E-state index in [1.54, 1.807) is 0 Å². The maximum absolute atomic E-state index is 6.15. The van der Waals surface area contributed by atoms with E-state index in [9.17, 15) is 0 Å².